The molecular formula is C9H16N2O2. The van der Waals surface area contributed by atoms with Gasteiger partial charge in [0.05, 0.1) is 5.41 Å². The van der Waals surface area contributed by atoms with E-state index in [0.29, 0.717) is 5.92 Å². The molecule has 74 valence electrons. The molecule has 2 N–H and O–H groups in total. The minimum absolute atomic E-state index is 0.0577. The first-order valence-electron chi connectivity index (χ1n) is 4.56. The highest BCUT2D eigenvalue weighted by molar-refractivity contribution is 5.87. The summed E-state index contributed by atoms with van der Waals surface area (Å²) in [6.07, 6.45) is 1.85. The summed E-state index contributed by atoms with van der Waals surface area (Å²) in [5.41, 5.74) is 4.52. The number of hydrogen-bond donors (Lipinski definition) is 2. The fraction of sp³-hybridized carbons (Fsp3) is 0.778. The van der Waals surface area contributed by atoms with E-state index in [1.165, 1.54) is 6.92 Å². The summed E-state index contributed by atoms with van der Waals surface area (Å²) in [6, 6.07) is 0. The van der Waals surface area contributed by atoms with E-state index in [4.69, 9.17) is 0 Å². The van der Waals surface area contributed by atoms with Crippen LogP contribution < -0.4 is 10.9 Å². The standard InChI is InChI=1S/C9H16N2O2/c1-6(2)9(4-5-9)8(13)11-10-7(3)12/h6H,4-5H2,1-3H3,(H,10,12)(H,11,13). The fourth-order valence-electron chi connectivity index (χ4n) is 1.47. The number of carbonyl (C=O) groups excluding carboxylic acids is 2. The summed E-state index contributed by atoms with van der Waals surface area (Å²) < 4.78 is 0. The zero-order valence-corrected chi connectivity index (χ0v) is 8.31. The number of carbonyl (C=O) groups is 2. The van der Waals surface area contributed by atoms with E-state index in [1.54, 1.807) is 0 Å². The van der Waals surface area contributed by atoms with E-state index in [9.17, 15) is 9.59 Å². The molecule has 13 heavy (non-hydrogen) atoms. The molecule has 1 aliphatic carbocycles. The molecule has 0 saturated heterocycles. The highest BCUT2D eigenvalue weighted by Gasteiger charge is 2.52. The Morgan fingerprint density at radius 1 is 1.23 bits per heavy atom. The summed E-state index contributed by atoms with van der Waals surface area (Å²) in [7, 11) is 0. The van der Waals surface area contributed by atoms with Crippen molar-refractivity contribution < 1.29 is 9.59 Å². The Morgan fingerprint density at radius 3 is 2.08 bits per heavy atom. The van der Waals surface area contributed by atoms with Gasteiger partial charge in [-0.25, -0.2) is 0 Å². The lowest BCUT2D eigenvalue weighted by Gasteiger charge is -2.18. The number of rotatable bonds is 2. The SMILES string of the molecule is CC(=O)NNC(=O)C1(C(C)C)CC1. The van der Waals surface area contributed by atoms with E-state index in [0.717, 1.165) is 12.8 Å². The smallest absolute Gasteiger partial charge is 0.244 e. The average Bonchev–Trinajstić information content (AvgIpc) is 2.79. The Bertz CT molecular complexity index is 232. The van der Waals surface area contributed by atoms with Crippen LogP contribution in [0.4, 0.5) is 0 Å². The average molecular weight is 184 g/mol. The number of hydrogen-bond acceptors (Lipinski definition) is 2. The summed E-state index contributed by atoms with van der Waals surface area (Å²) in [5, 5.41) is 0. The second kappa shape index (κ2) is 3.36. The lowest BCUT2D eigenvalue weighted by molar-refractivity contribution is -0.132. The number of nitrogens with one attached hydrogen (secondary N) is 2. The maximum Gasteiger partial charge on any atom is 0.244 e. The molecule has 1 saturated carbocycles. The van der Waals surface area contributed by atoms with E-state index >= 15 is 0 Å². The largest absolute Gasteiger partial charge is 0.274 e. The van der Waals surface area contributed by atoms with Crippen molar-refractivity contribution in [2.45, 2.75) is 33.6 Å². The topological polar surface area (TPSA) is 58.2 Å². The van der Waals surface area contributed by atoms with Gasteiger partial charge in [-0.1, -0.05) is 13.8 Å². The van der Waals surface area contributed by atoms with Crippen molar-refractivity contribution in [1.82, 2.24) is 10.9 Å². The van der Waals surface area contributed by atoms with Crippen LogP contribution >= 0.6 is 0 Å². The second-order valence-corrected chi connectivity index (χ2v) is 3.95. The molecule has 0 atom stereocenters. The summed E-state index contributed by atoms with van der Waals surface area (Å²) in [5.74, 6) is 0.0341. The van der Waals surface area contributed by atoms with Crippen molar-refractivity contribution in [3.63, 3.8) is 0 Å². The van der Waals surface area contributed by atoms with E-state index < -0.39 is 0 Å². The van der Waals surface area contributed by atoms with E-state index in [1.807, 2.05) is 13.8 Å². The quantitative estimate of drug-likeness (QED) is 0.617. The van der Waals surface area contributed by atoms with Gasteiger partial charge >= 0.3 is 0 Å². The molecule has 0 aromatic rings. The van der Waals surface area contributed by atoms with Crippen LogP contribution in [0, 0.1) is 11.3 Å². The molecule has 1 fully saturated rings. The third-order valence-electron chi connectivity index (χ3n) is 2.70. The molecule has 0 aromatic carbocycles. The molecule has 0 aliphatic heterocycles. The van der Waals surface area contributed by atoms with Crippen LogP contribution in [0.2, 0.25) is 0 Å². The van der Waals surface area contributed by atoms with Crippen molar-refractivity contribution >= 4 is 11.8 Å². The molecule has 0 unspecified atom stereocenters. The molecule has 2 amide bonds. The molecule has 4 heteroatoms. The highest BCUT2D eigenvalue weighted by atomic mass is 16.2. The van der Waals surface area contributed by atoms with Crippen molar-refractivity contribution in [1.29, 1.82) is 0 Å². The first-order chi connectivity index (χ1) is 5.99. The van der Waals surface area contributed by atoms with Gasteiger partial charge in [0.2, 0.25) is 11.8 Å². The molecule has 0 radical (unpaired) electrons. The molecule has 0 heterocycles. The van der Waals surface area contributed by atoms with Crippen LogP contribution in [0.1, 0.15) is 33.6 Å². The van der Waals surface area contributed by atoms with E-state index in [-0.39, 0.29) is 17.2 Å². The van der Waals surface area contributed by atoms with Gasteiger partial charge in [-0.3, -0.25) is 20.4 Å². The lowest BCUT2D eigenvalue weighted by atomic mass is 9.92. The second-order valence-electron chi connectivity index (χ2n) is 3.95. The first-order valence-corrected chi connectivity index (χ1v) is 4.56. The first kappa shape index (κ1) is 10.0. The summed E-state index contributed by atoms with van der Waals surface area (Å²) in [6.45, 7) is 5.43. The van der Waals surface area contributed by atoms with Crippen LogP contribution in [0.5, 0.6) is 0 Å². The minimum atomic E-state index is -0.243. The predicted molar refractivity (Wildman–Crippen MR) is 48.5 cm³/mol. The maximum atomic E-state index is 11.5. The number of amides is 2. The van der Waals surface area contributed by atoms with Gasteiger partial charge in [-0.2, -0.15) is 0 Å². The summed E-state index contributed by atoms with van der Waals surface area (Å²) in [4.78, 5) is 22.1. The van der Waals surface area contributed by atoms with Gasteiger partial charge in [0.25, 0.3) is 0 Å². The molecule has 1 aliphatic rings. The van der Waals surface area contributed by atoms with Crippen LogP contribution in [0.15, 0.2) is 0 Å². The van der Waals surface area contributed by atoms with Crippen molar-refractivity contribution in [3.05, 3.63) is 0 Å². The van der Waals surface area contributed by atoms with Crippen LogP contribution in [-0.2, 0) is 9.59 Å². The molecule has 4 nitrogen and oxygen atoms in total. The van der Waals surface area contributed by atoms with Gasteiger partial charge in [0, 0.05) is 6.92 Å². The van der Waals surface area contributed by atoms with E-state index in [2.05, 4.69) is 10.9 Å². The normalized spacial score (nSPS) is 18.2. The Balaban J connectivity index is 2.44. The van der Waals surface area contributed by atoms with Gasteiger partial charge in [0.15, 0.2) is 0 Å². The lowest BCUT2D eigenvalue weighted by Crippen LogP contribution is -2.45. The third kappa shape index (κ3) is 1.99. The Labute approximate surface area is 78.0 Å². The third-order valence-corrected chi connectivity index (χ3v) is 2.70. The Morgan fingerprint density at radius 2 is 1.77 bits per heavy atom. The fourth-order valence-corrected chi connectivity index (χ4v) is 1.47. The summed E-state index contributed by atoms with van der Waals surface area (Å²) >= 11 is 0. The van der Waals surface area contributed by atoms with Crippen LogP contribution in [0.3, 0.4) is 0 Å². The van der Waals surface area contributed by atoms with Gasteiger partial charge < -0.3 is 0 Å². The van der Waals surface area contributed by atoms with Gasteiger partial charge in [-0.05, 0) is 18.8 Å². The van der Waals surface area contributed by atoms with Crippen molar-refractivity contribution in [2.24, 2.45) is 11.3 Å². The van der Waals surface area contributed by atoms with Crippen LogP contribution in [0.25, 0.3) is 0 Å². The van der Waals surface area contributed by atoms with Crippen LogP contribution in [-0.4, -0.2) is 11.8 Å². The van der Waals surface area contributed by atoms with Crippen molar-refractivity contribution in [3.8, 4) is 0 Å². The Hall–Kier alpha value is -1.06. The molecular weight excluding hydrogens is 168 g/mol. The highest BCUT2D eigenvalue weighted by Crippen LogP contribution is 2.51. The molecule has 0 bridgehead atoms. The molecule has 0 spiro atoms. The zero-order chi connectivity index (χ0) is 10.1. The van der Waals surface area contributed by atoms with Crippen molar-refractivity contribution in [2.75, 3.05) is 0 Å². The predicted octanol–water partition coefficient (Wildman–Crippen LogP) is 0.590. The molecule has 0 aromatic heterocycles. The zero-order valence-electron chi connectivity index (χ0n) is 8.31. The number of hydrazine groups is 1. The monoisotopic (exact) mass is 184 g/mol. The van der Waals surface area contributed by atoms with Gasteiger partial charge in [-0.15, -0.1) is 0 Å². The Kier molecular flexibility index (Phi) is 2.59. The maximum absolute atomic E-state index is 11.5. The molecule has 1 rings (SSSR count). The van der Waals surface area contributed by atoms with Gasteiger partial charge in [0.1, 0.15) is 0 Å². The minimum Gasteiger partial charge on any atom is -0.274 e.